The summed E-state index contributed by atoms with van der Waals surface area (Å²) in [6.45, 7) is 9.25. The Morgan fingerprint density at radius 3 is 2.72 bits per heavy atom. The molecule has 0 aliphatic carbocycles. The van der Waals surface area contributed by atoms with Gasteiger partial charge in [-0.05, 0) is 50.5 Å². The van der Waals surface area contributed by atoms with E-state index in [4.69, 9.17) is 4.74 Å². The molecule has 0 aromatic rings. The van der Waals surface area contributed by atoms with Crippen LogP contribution in [0.3, 0.4) is 0 Å². The Hall–Kier alpha value is -1.33. The summed E-state index contributed by atoms with van der Waals surface area (Å²) in [7, 11) is 0. The van der Waals surface area contributed by atoms with Crippen LogP contribution in [0.1, 0.15) is 33.1 Å². The van der Waals surface area contributed by atoms with Crippen LogP contribution < -0.4 is 0 Å². The first-order valence-electron chi connectivity index (χ1n) is 6.54. The molecule has 0 aromatic heterocycles. The van der Waals surface area contributed by atoms with Crippen molar-refractivity contribution in [1.29, 1.82) is 0 Å². The number of rotatable bonds is 5. The fraction of sp³-hybridized carbons (Fsp3) is 0.562. The lowest BCUT2D eigenvalue weighted by Crippen LogP contribution is -2.23. The molecule has 0 N–H and O–H groups in total. The molecule has 1 rings (SSSR count). The maximum absolute atomic E-state index is 12.0. The van der Waals surface area contributed by atoms with E-state index in [1.54, 1.807) is 6.92 Å². The van der Waals surface area contributed by atoms with Crippen LogP contribution in [0.25, 0.3) is 0 Å². The van der Waals surface area contributed by atoms with Gasteiger partial charge in [-0.1, -0.05) is 24.7 Å². The van der Waals surface area contributed by atoms with E-state index >= 15 is 0 Å². The average Bonchev–Trinajstić information content (AvgIpc) is 2.37. The summed E-state index contributed by atoms with van der Waals surface area (Å²) in [5, 5.41) is 0. The van der Waals surface area contributed by atoms with Gasteiger partial charge in [-0.3, -0.25) is 4.79 Å². The third kappa shape index (κ3) is 4.50. The average molecular weight is 246 g/mol. The zero-order valence-corrected chi connectivity index (χ0v) is 11.4. The van der Waals surface area contributed by atoms with Crippen molar-refractivity contribution in [3.05, 3.63) is 24.3 Å². The second-order valence-corrected chi connectivity index (χ2v) is 4.66. The van der Waals surface area contributed by atoms with Crippen LogP contribution in [0.4, 0.5) is 0 Å². The number of ketones is 1. The summed E-state index contributed by atoms with van der Waals surface area (Å²) in [5.41, 5.74) is 0.872. The molecule has 2 heteroatoms. The van der Waals surface area contributed by atoms with Crippen molar-refractivity contribution in [2.75, 3.05) is 13.2 Å². The van der Waals surface area contributed by atoms with Crippen LogP contribution in [-0.4, -0.2) is 19.0 Å². The molecule has 0 bridgehead atoms. The SMILES string of the molecule is C=C(/C=C\C)C(CC1CCOCC1)C(=O)C#CC. The minimum atomic E-state index is -0.156. The Bertz CT molecular complexity index is 376. The molecule has 1 aliphatic heterocycles. The molecular formula is C16H22O2. The smallest absolute Gasteiger partial charge is 0.212 e. The molecule has 1 atom stereocenters. The second-order valence-electron chi connectivity index (χ2n) is 4.66. The molecule has 0 amide bonds. The second kappa shape index (κ2) is 7.89. The van der Waals surface area contributed by atoms with E-state index in [-0.39, 0.29) is 11.7 Å². The van der Waals surface area contributed by atoms with Gasteiger partial charge in [-0.2, -0.15) is 0 Å². The molecule has 1 saturated heterocycles. The lowest BCUT2D eigenvalue weighted by molar-refractivity contribution is -0.117. The summed E-state index contributed by atoms with van der Waals surface area (Å²) < 4.78 is 5.35. The number of ether oxygens (including phenoxy) is 1. The fourth-order valence-corrected chi connectivity index (χ4v) is 2.28. The van der Waals surface area contributed by atoms with Crippen molar-refractivity contribution in [3.63, 3.8) is 0 Å². The summed E-state index contributed by atoms with van der Waals surface area (Å²) >= 11 is 0. The first-order valence-corrected chi connectivity index (χ1v) is 6.54. The molecule has 18 heavy (non-hydrogen) atoms. The van der Waals surface area contributed by atoms with Gasteiger partial charge in [0.25, 0.3) is 0 Å². The van der Waals surface area contributed by atoms with Crippen LogP contribution in [0.5, 0.6) is 0 Å². The van der Waals surface area contributed by atoms with Crippen molar-refractivity contribution < 1.29 is 9.53 Å². The molecule has 0 spiro atoms. The predicted octanol–water partition coefficient (Wildman–Crippen LogP) is 3.14. The minimum Gasteiger partial charge on any atom is -0.381 e. The number of allylic oxidation sites excluding steroid dienone is 3. The maximum atomic E-state index is 12.0. The van der Waals surface area contributed by atoms with Gasteiger partial charge < -0.3 is 4.74 Å². The van der Waals surface area contributed by atoms with Crippen LogP contribution in [0, 0.1) is 23.7 Å². The van der Waals surface area contributed by atoms with Crippen LogP contribution in [-0.2, 0) is 9.53 Å². The van der Waals surface area contributed by atoms with Crippen molar-refractivity contribution in [2.24, 2.45) is 11.8 Å². The highest BCUT2D eigenvalue weighted by atomic mass is 16.5. The van der Waals surface area contributed by atoms with E-state index in [0.29, 0.717) is 5.92 Å². The van der Waals surface area contributed by atoms with Crippen molar-refractivity contribution in [1.82, 2.24) is 0 Å². The summed E-state index contributed by atoms with van der Waals surface area (Å²) in [6, 6.07) is 0. The Kier molecular flexibility index (Phi) is 6.46. The molecule has 2 nitrogen and oxygen atoms in total. The van der Waals surface area contributed by atoms with E-state index in [2.05, 4.69) is 18.4 Å². The van der Waals surface area contributed by atoms with E-state index < -0.39 is 0 Å². The number of hydrogen-bond acceptors (Lipinski definition) is 2. The van der Waals surface area contributed by atoms with E-state index in [9.17, 15) is 4.79 Å². The Balaban J connectivity index is 2.71. The Morgan fingerprint density at radius 1 is 1.50 bits per heavy atom. The number of carbonyl (C=O) groups is 1. The summed E-state index contributed by atoms with van der Waals surface area (Å²) in [5.74, 6) is 5.74. The van der Waals surface area contributed by atoms with E-state index in [1.165, 1.54) is 0 Å². The maximum Gasteiger partial charge on any atom is 0.212 e. The van der Waals surface area contributed by atoms with Gasteiger partial charge >= 0.3 is 0 Å². The highest BCUT2D eigenvalue weighted by molar-refractivity contribution is 5.99. The zero-order valence-electron chi connectivity index (χ0n) is 11.4. The van der Waals surface area contributed by atoms with Gasteiger partial charge in [0.1, 0.15) is 0 Å². The standard InChI is InChI=1S/C16H22O2/c1-4-6-13(3)15(16(17)7-5-2)12-14-8-10-18-11-9-14/h4,6,14-15H,3,8-12H2,1-2H3/b6-4-. The Labute approximate surface area is 110 Å². The molecule has 98 valence electrons. The van der Waals surface area contributed by atoms with Crippen molar-refractivity contribution >= 4 is 5.78 Å². The molecule has 1 fully saturated rings. The molecule has 1 aliphatic rings. The zero-order chi connectivity index (χ0) is 13.4. The first kappa shape index (κ1) is 14.7. The van der Waals surface area contributed by atoms with Gasteiger partial charge in [0.05, 0.1) is 5.92 Å². The lowest BCUT2D eigenvalue weighted by atomic mass is 9.83. The number of Topliss-reactive ketones (excluding diaryl/α,β-unsaturated/α-hetero) is 1. The monoisotopic (exact) mass is 246 g/mol. The first-order chi connectivity index (χ1) is 8.69. The topological polar surface area (TPSA) is 26.3 Å². The molecule has 0 radical (unpaired) electrons. The predicted molar refractivity (Wildman–Crippen MR) is 74.1 cm³/mol. The van der Waals surface area contributed by atoms with Gasteiger partial charge in [0.2, 0.25) is 5.78 Å². The van der Waals surface area contributed by atoms with Crippen molar-refractivity contribution in [2.45, 2.75) is 33.1 Å². The highest BCUT2D eigenvalue weighted by Crippen LogP contribution is 2.27. The molecule has 1 unspecified atom stereocenters. The number of hydrogen-bond donors (Lipinski definition) is 0. The molecule has 1 heterocycles. The van der Waals surface area contributed by atoms with Gasteiger partial charge in [0, 0.05) is 13.2 Å². The lowest BCUT2D eigenvalue weighted by Gasteiger charge is -2.25. The summed E-state index contributed by atoms with van der Waals surface area (Å²) in [4.78, 5) is 12.0. The quantitative estimate of drug-likeness (QED) is 0.423. The summed E-state index contributed by atoms with van der Waals surface area (Å²) in [6.07, 6.45) is 6.75. The largest absolute Gasteiger partial charge is 0.381 e. The van der Waals surface area contributed by atoms with Gasteiger partial charge in [-0.15, -0.1) is 0 Å². The third-order valence-corrected chi connectivity index (χ3v) is 3.30. The van der Waals surface area contributed by atoms with Gasteiger partial charge in [-0.25, -0.2) is 0 Å². The van der Waals surface area contributed by atoms with Crippen LogP contribution >= 0.6 is 0 Å². The minimum absolute atomic E-state index is 0.00732. The third-order valence-electron chi connectivity index (χ3n) is 3.30. The normalized spacial score (nSPS) is 18.1. The van der Waals surface area contributed by atoms with Crippen LogP contribution in [0.2, 0.25) is 0 Å². The molecular weight excluding hydrogens is 224 g/mol. The van der Waals surface area contributed by atoms with Crippen molar-refractivity contribution in [3.8, 4) is 11.8 Å². The van der Waals surface area contributed by atoms with E-state index in [1.807, 2.05) is 19.1 Å². The van der Waals surface area contributed by atoms with Gasteiger partial charge in [0.15, 0.2) is 0 Å². The highest BCUT2D eigenvalue weighted by Gasteiger charge is 2.24. The molecule has 0 aromatic carbocycles. The Morgan fingerprint density at radius 2 is 2.17 bits per heavy atom. The van der Waals surface area contributed by atoms with Crippen LogP contribution in [0.15, 0.2) is 24.3 Å². The molecule has 0 saturated carbocycles. The fourth-order valence-electron chi connectivity index (χ4n) is 2.28. The number of carbonyl (C=O) groups excluding carboxylic acids is 1. The van der Waals surface area contributed by atoms with E-state index in [0.717, 1.165) is 38.0 Å².